The van der Waals surface area contributed by atoms with Gasteiger partial charge in [0.1, 0.15) is 22.8 Å². The minimum absolute atomic E-state index is 0.321. The molecule has 0 aliphatic heterocycles. The average molecular weight is 645 g/mol. The number of carbonyl (C=O) groups is 1. The summed E-state index contributed by atoms with van der Waals surface area (Å²) in [7, 11) is 1.64. The van der Waals surface area contributed by atoms with Crippen LogP contribution in [0.5, 0.6) is 17.2 Å². The summed E-state index contributed by atoms with van der Waals surface area (Å²) < 4.78 is 29.3. The van der Waals surface area contributed by atoms with Crippen molar-refractivity contribution in [2.24, 2.45) is 0 Å². The highest BCUT2D eigenvalue weighted by atomic mass is 127. The zero-order chi connectivity index (χ0) is 27.5. The second-order valence-corrected chi connectivity index (χ2v) is 9.83. The predicted octanol–water partition coefficient (Wildman–Crippen LogP) is 6.45. The summed E-state index contributed by atoms with van der Waals surface area (Å²) >= 11 is 2.24. The molecule has 9 heteroatoms. The van der Waals surface area contributed by atoms with Crippen LogP contribution in [-0.4, -0.2) is 48.4 Å². The molecule has 0 spiro atoms. The van der Waals surface area contributed by atoms with Crippen molar-refractivity contribution in [1.29, 1.82) is 0 Å². The third kappa shape index (κ3) is 8.26. The maximum Gasteiger partial charge on any atom is 0.347 e. The van der Waals surface area contributed by atoms with Gasteiger partial charge in [0.25, 0.3) is 6.01 Å². The number of ether oxygens (including phenoxy) is 4. The molecule has 0 fully saturated rings. The molecule has 206 valence electrons. The van der Waals surface area contributed by atoms with E-state index in [-0.39, 0.29) is 5.97 Å². The highest BCUT2D eigenvalue weighted by Gasteiger charge is 2.22. The Hall–Kier alpha value is -3.47. The van der Waals surface area contributed by atoms with Crippen LogP contribution >= 0.6 is 22.6 Å². The molecule has 0 amide bonds. The van der Waals surface area contributed by atoms with E-state index in [2.05, 4.69) is 27.5 Å². The number of nitrogens with zero attached hydrogens (tertiary/aromatic N) is 2. The molecular formula is C30H33IN2O6. The molecule has 8 nitrogen and oxygen atoms in total. The molecule has 39 heavy (non-hydrogen) atoms. The van der Waals surface area contributed by atoms with Crippen LogP contribution in [-0.2, 0) is 16.1 Å². The Morgan fingerprint density at radius 3 is 2.56 bits per heavy atom. The number of methoxy groups -OCH3 is 1. The van der Waals surface area contributed by atoms with Crippen LogP contribution in [0.1, 0.15) is 25.3 Å². The summed E-state index contributed by atoms with van der Waals surface area (Å²) in [5, 5.41) is 0. The van der Waals surface area contributed by atoms with Crippen molar-refractivity contribution < 1.29 is 28.2 Å². The number of hydrogen-bond acceptors (Lipinski definition) is 8. The van der Waals surface area contributed by atoms with E-state index < -0.39 is 6.10 Å². The smallest absolute Gasteiger partial charge is 0.347 e. The summed E-state index contributed by atoms with van der Waals surface area (Å²) in [5.74, 6) is 1.86. The molecule has 1 atom stereocenters. The minimum atomic E-state index is -0.639. The monoisotopic (exact) mass is 644 g/mol. The molecule has 0 N–H and O–H groups in total. The van der Waals surface area contributed by atoms with E-state index >= 15 is 0 Å². The zero-order valence-corrected chi connectivity index (χ0v) is 24.3. The average Bonchev–Trinajstić information content (AvgIpc) is 3.39. The Morgan fingerprint density at radius 2 is 1.82 bits per heavy atom. The number of esters is 1. The number of rotatable bonds is 15. The van der Waals surface area contributed by atoms with Crippen molar-refractivity contribution in [3.63, 3.8) is 0 Å². The Balaban J connectivity index is 1.46. The summed E-state index contributed by atoms with van der Waals surface area (Å²) in [4.78, 5) is 19.2. The molecule has 0 saturated heterocycles. The lowest BCUT2D eigenvalue weighted by atomic mass is 10.2. The molecule has 1 unspecified atom stereocenters. The number of carbonyl (C=O) groups excluding carboxylic acids is 1. The number of anilines is 1. The molecular weight excluding hydrogens is 611 g/mol. The molecule has 3 aromatic carbocycles. The van der Waals surface area contributed by atoms with Gasteiger partial charge in [-0.2, -0.15) is 4.98 Å². The SMILES string of the molecule is CCOC(=O)C(CCI)Oc1cccc(CN(CCCOc2ccc(OC)cc2)c2nc3ccccc3o2)c1. The first-order valence-electron chi connectivity index (χ1n) is 12.9. The molecule has 4 rings (SSSR count). The quantitative estimate of drug-likeness (QED) is 0.0633. The van der Waals surface area contributed by atoms with Gasteiger partial charge in [-0.05, 0) is 67.4 Å². The van der Waals surface area contributed by atoms with Crippen molar-refractivity contribution in [1.82, 2.24) is 4.98 Å². The molecule has 1 aromatic heterocycles. The summed E-state index contributed by atoms with van der Waals surface area (Å²) in [6.07, 6.45) is 0.689. The van der Waals surface area contributed by atoms with Gasteiger partial charge in [-0.1, -0.05) is 46.9 Å². The lowest BCUT2D eigenvalue weighted by Crippen LogP contribution is -2.30. The van der Waals surface area contributed by atoms with Crippen LogP contribution in [0.4, 0.5) is 6.01 Å². The van der Waals surface area contributed by atoms with Gasteiger partial charge in [-0.15, -0.1) is 0 Å². The van der Waals surface area contributed by atoms with E-state index in [1.54, 1.807) is 14.0 Å². The maximum atomic E-state index is 12.4. The van der Waals surface area contributed by atoms with Crippen molar-refractivity contribution in [3.8, 4) is 17.2 Å². The number of hydrogen-bond donors (Lipinski definition) is 0. The maximum absolute atomic E-state index is 12.4. The highest BCUT2D eigenvalue weighted by molar-refractivity contribution is 14.1. The lowest BCUT2D eigenvalue weighted by molar-refractivity contribution is -0.151. The first kappa shape index (κ1) is 28.5. The van der Waals surface area contributed by atoms with Crippen LogP contribution in [0, 0.1) is 0 Å². The van der Waals surface area contributed by atoms with E-state index in [0.717, 1.165) is 39.0 Å². The molecule has 0 saturated carbocycles. The minimum Gasteiger partial charge on any atom is -0.497 e. The van der Waals surface area contributed by atoms with Gasteiger partial charge < -0.3 is 28.3 Å². The van der Waals surface area contributed by atoms with Crippen molar-refractivity contribution in [2.75, 3.05) is 36.2 Å². The van der Waals surface area contributed by atoms with Gasteiger partial charge >= 0.3 is 5.97 Å². The first-order chi connectivity index (χ1) is 19.1. The second-order valence-electron chi connectivity index (χ2n) is 8.75. The first-order valence-corrected chi connectivity index (χ1v) is 14.5. The number of oxazole rings is 1. The van der Waals surface area contributed by atoms with Gasteiger partial charge in [0, 0.05) is 23.9 Å². The normalized spacial score (nSPS) is 11.7. The Bertz CT molecular complexity index is 1290. The zero-order valence-electron chi connectivity index (χ0n) is 22.2. The van der Waals surface area contributed by atoms with Crippen LogP contribution in [0.2, 0.25) is 0 Å². The lowest BCUT2D eigenvalue weighted by Gasteiger charge is -2.22. The fourth-order valence-electron chi connectivity index (χ4n) is 4.02. The molecule has 4 aromatic rings. The third-order valence-electron chi connectivity index (χ3n) is 5.92. The van der Waals surface area contributed by atoms with E-state index in [9.17, 15) is 4.79 Å². The number of aromatic nitrogens is 1. The summed E-state index contributed by atoms with van der Waals surface area (Å²) in [5.41, 5.74) is 2.54. The van der Waals surface area contributed by atoms with E-state index in [1.165, 1.54) is 0 Å². The number of benzene rings is 3. The van der Waals surface area contributed by atoms with Gasteiger partial charge in [-0.3, -0.25) is 0 Å². The largest absolute Gasteiger partial charge is 0.497 e. The van der Waals surface area contributed by atoms with Gasteiger partial charge in [0.15, 0.2) is 11.7 Å². The second kappa shape index (κ2) is 14.6. The van der Waals surface area contributed by atoms with Crippen molar-refractivity contribution in [2.45, 2.75) is 32.4 Å². The number of halogens is 1. The van der Waals surface area contributed by atoms with Crippen LogP contribution in [0.25, 0.3) is 11.1 Å². The number of para-hydroxylation sites is 2. The van der Waals surface area contributed by atoms with Gasteiger partial charge in [-0.25, -0.2) is 4.79 Å². The van der Waals surface area contributed by atoms with Crippen LogP contribution in [0.15, 0.2) is 77.2 Å². The Labute approximate surface area is 242 Å². The van der Waals surface area contributed by atoms with Gasteiger partial charge in [0.05, 0.1) is 20.3 Å². The summed E-state index contributed by atoms with van der Waals surface area (Å²) in [6.45, 7) is 3.85. The molecule has 1 heterocycles. The molecule has 0 aliphatic carbocycles. The Morgan fingerprint density at radius 1 is 1.03 bits per heavy atom. The molecule has 0 radical (unpaired) electrons. The molecule has 0 bridgehead atoms. The fourth-order valence-corrected chi connectivity index (χ4v) is 4.58. The van der Waals surface area contributed by atoms with Gasteiger partial charge in [0.2, 0.25) is 0 Å². The van der Waals surface area contributed by atoms with Crippen molar-refractivity contribution >= 4 is 45.7 Å². The standard InChI is InChI=1S/C30H33IN2O6/c1-3-36-29(34)28(16-17-31)38-25-9-6-8-22(20-25)21-33(30-32-26-10-4-5-11-27(26)39-30)18-7-19-37-24-14-12-23(35-2)13-15-24/h4-6,8-15,20,28H,3,7,16-19,21H2,1-2H3. The summed E-state index contributed by atoms with van der Waals surface area (Å²) in [6, 6.07) is 23.6. The fraction of sp³-hybridized carbons (Fsp3) is 0.333. The molecule has 0 aliphatic rings. The predicted molar refractivity (Wildman–Crippen MR) is 159 cm³/mol. The topological polar surface area (TPSA) is 83.3 Å². The number of alkyl halides is 1. The number of fused-ring (bicyclic) bond motifs is 1. The highest BCUT2D eigenvalue weighted by Crippen LogP contribution is 2.25. The van der Waals surface area contributed by atoms with Crippen LogP contribution in [0.3, 0.4) is 0 Å². The third-order valence-corrected chi connectivity index (χ3v) is 6.55. The van der Waals surface area contributed by atoms with Crippen LogP contribution < -0.4 is 19.1 Å². The Kier molecular flexibility index (Phi) is 10.7. The van der Waals surface area contributed by atoms with E-state index in [1.807, 2.05) is 72.8 Å². The van der Waals surface area contributed by atoms with E-state index in [4.69, 9.17) is 28.3 Å². The van der Waals surface area contributed by atoms with Crippen molar-refractivity contribution in [3.05, 3.63) is 78.4 Å². The van der Waals surface area contributed by atoms with E-state index in [0.29, 0.717) is 44.5 Å².